The van der Waals surface area contributed by atoms with Crippen molar-refractivity contribution in [2.45, 2.75) is 6.54 Å². The summed E-state index contributed by atoms with van der Waals surface area (Å²) in [6.07, 6.45) is 3.82. The first-order chi connectivity index (χ1) is 11.7. The number of pyridine rings is 1. The number of aromatic amines is 1. The standard InChI is InChI=1S/C16H12BrN5OS/c17-10-3-4-15-19-11(9-22(15)8-10)7-18-16(23)13-6-12(20-21-13)14-2-1-5-24-14/h1-6,8-9H,7H2,(H,18,23)(H,20,21). The second-order valence-corrected chi connectivity index (χ2v) is 7.04. The number of hydrogen-bond acceptors (Lipinski definition) is 4. The number of halogens is 1. The van der Waals surface area contributed by atoms with E-state index >= 15 is 0 Å². The second kappa shape index (κ2) is 6.21. The zero-order valence-corrected chi connectivity index (χ0v) is 14.8. The minimum absolute atomic E-state index is 0.229. The molecule has 0 radical (unpaired) electrons. The highest BCUT2D eigenvalue weighted by atomic mass is 79.9. The zero-order chi connectivity index (χ0) is 16.5. The number of nitrogens with zero attached hydrogens (tertiary/aromatic N) is 3. The SMILES string of the molecule is O=C(NCc1cn2cc(Br)ccc2n1)c1cc(-c2cccs2)[nH]n1. The predicted octanol–water partition coefficient (Wildman–Crippen LogP) is 3.48. The molecule has 120 valence electrons. The van der Waals surface area contributed by atoms with E-state index in [1.54, 1.807) is 17.4 Å². The summed E-state index contributed by atoms with van der Waals surface area (Å²) in [6, 6.07) is 9.54. The lowest BCUT2D eigenvalue weighted by atomic mass is 10.3. The highest BCUT2D eigenvalue weighted by Gasteiger charge is 2.12. The van der Waals surface area contributed by atoms with Crippen LogP contribution >= 0.6 is 27.3 Å². The molecule has 4 aromatic rings. The first-order valence-electron chi connectivity index (χ1n) is 7.20. The van der Waals surface area contributed by atoms with Crippen LogP contribution in [-0.2, 0) is 6.54 Å². The van der Waals surface area contributed by atoms with E-state index in [0.717, 1.165) is 26.4 Å². The number of imidazole rings is 1. The number of H-pyrrole nitrogens is 1. The van der Waals surface area contributed by atoms with Crippen LogP contribution in [0.1, 0.15) is 16.2 Å². The van der Waals surface area contributed by atoms with E-state index in [0.29, 0.717) is 12.2 Å². The summed E-state index contributed by atoms with van der Waals surface area (Å²) in [6.45, 7) is 0.347. The Hall–Kier alpha value is -2.45. The summed E-state index contributed by atoms with van der Waals surface area (Å²) < 4.78 is 2.88. The van der Waals surface area contributed by atoms with Crippen LogP contribution in [-0.4, -0.2) is 25.5 Å². The molecule has 0 aliphatic rings. The monoisotopic (exact) mass is 401 g/mol. The van der Waals surface area contributed by atoms with E-state index in [4.69, 9.17) is 0 Å². The molecule has 8 heteroatoms. The van der Waals surface area contributed by atoms with Gasteiger partial charge in [-0.1, -0.05) is 6.07 Å². The molecule has 0 bridgehead atoms. The van der Waals surface area contributed by atoms with Gasteiger partial charge in [0.25, 0.3) is 5.91 Å². The number of carbonyl (C=O) groups is 1. The van der Waals surface area contributed by atoms with Crippen molar-refractivity contribution < 1.29 is 4.79 Å². The van der Waals surface area contributed by atoms with E-state index in [9.17, 15) is 4.79 Å². The van der Waals surface area contributed by atoms with Crippen molar-refractivity contribution in [3.8, 4) is 10.6 Å². The van der Waals surface area contributed by atoms with Crippen molar-refractivity contribution in [2.24, 2.45) is 0 Å². The summed E-state index contributed by atoms with van der Waals surface area (Å²) in [5, 5.41) is 11.8. The number of rotatable bonds is 4. The van der Waals surface area contributed by atoms with E-state index in [1.807, 2.05) is 46.4 Å². The summed E-state index contributed by atoms with van der Waals surface area (Å²) >= 11 is 5.02. The Bertz CT molecular complexity index is 1000. The molecule has 0 aromatic carbocycles. The van der Waals surface area contributed by atoms with Gasteiger partial charge in [-0.3, -0.25) is 9.89 Å². The van der Waals surface area contributed by atoms with Crippen LogP contribution in [0, 0.1) is 0 Å². The van der Waals surface area contributed by atoms with Crippen molar-refractivity contribution in [3.63, 3.8) is 0 Å². The van der Waals surface area contributed by atoms with Gasteiger partial charge in [0.15, 0.2) is 5.69 Å². The number of fused-ring (bicyclic) bond motifs is 1. The lowest BCUT2D eigenvalue weighted by molar-refractivity contribution is 0.0945. The van der Waals surface area contributed by atoms with Gasteiger partial charge in [0.05, 0.1) is 22.8 Å². The zero-order valence-electron chi connectivity index (χ0n) is 12.4. The lowest BCUT2D eigenvalue weighted by Crippen LogP contribution is -2.23. The van der Waals surface area contributed by atoms with Crippen molar-refractivity contribution in [3.05, 3.63) is 64.0 Å². The number of thiophene rings is 1. The molecule has 4 rings (SSSR count). The maximum atomic E-state index is 12.2. The number of aromatic nitrogens is 4. The topological polar surface area (TPSA) is 75.1 Å². The fraction of sp³-hybridized carbons (Fsp3) is 0.0625. The molecule has 0 saturated carbocycles. The van der Waals surface area contributed by atoms with Gasteiger partial charge in [0.2, 0.25) is 0 Å². The third-order valence-electron chi connectivity index (χ3n) is 3.49. The summed E-state index contributed by atoms with van der Waals surface area (Å²) in [7, 11) is 0. The van der Waals surface area contributed by atoms with Crippen LogP contribution in [0.15, 0.2) is 52.6 Å². The molecule has 0 aliphatic carbocycles. The average Bonchev–Trinajstić information content (AvgIpc) is 3.30. The van der Waals surface area contributed by atoms with Gasteiger partial charge in [-0.2, -0.15) is 5.10 Å². The van der Waals surface area contributed by atoms with Gasteiger partial charge in [-0.05, 0) is 45.6 Å². The van der Waals surface area contributed by atoms with Crippen LogP contribution in [0.25, 0.3) is 16.2 Å². The molecule has 24 heavy (non-hydrogen) atoms. The molecule has 0 unspecified atom stereocenters. The van der Waals surface area contributed by atoms with Gasteiger partial charge >= 0.3 is 0 Å². The van der Waals surface area contributed by atoms with Crippen LogP contribution < -0.4 is 5.32 Å². The third-order valence-corrected chi connectivity index (χ3v) is 4.86. The minimum atomic E-state index is -0.229. The largest absolute Gasteiger partial charge is 0.345 e. The maximum absolute atomic E-state index is 12.2. The third kappa shape index (κ3) is 2.98. The van der Waals surface area contributed by atoms with Crippen molar-refractivity contribution in [2.75, 3.05) is 0 Å². The molecule has 0 atom stereocenters. The van der Waals surface area contributed by atoms with E-state index in [2.05, 4.69) is 36.4 Å². The number of hydrogen-bond donors (Lipinski definition) is 2. The fourth-order valence-electron chi connectivity index (χ4n) is 2.36. The highest BCUT2D eigenvalue weighted by Crippen LogP contribution is 2.22. The van der Waals surface area contributed by atoms with Gasteiger partial charge in [0, 0.05) is 16.9 Å². The van der Waals surface area contributed by atoms with Crippen molar-refractivity contribution >= 4 is 38.8 Å². The molecule has 4 aromatic heterocycles. The Morgan fingerprint density at radius 1 is 1.33 bits per heavy atom. The molecule has 0 spiro atoms. The van der Waals surface area contributed by atoms with Crippen molar-refractivity contribution in [1.29, 1.82) is 0 Å². The quantitative estimate of drug-likeness (QED) is 0.549. The van der Waals surface area contributed by atoms with Gasteiger partial charge < -0.3 is 9.72 Å². The first kappa shape index (κ1) is 15.1. The van der Waals surface area contributed by atoms with Gasteiger partial charge in [-0.15, -0.1) is 11.3 Å². The maximum Gasteiger partial charge on any atom is 0.272 e. The lowest BCUT2D eigenvalue weighted by Gasteiger charge is -1.99. The number of nitrogens with one attached hydrogen (secondary N) is 2. The Balaban J connectivity index is 1.46. The van der Waals surface area contributed by atoms with Crippen LogP contribution in [0.3, 0.4) is 0 Å². The molecule has 6 nitrogen and oxygen atoms in total. The highest BCUT2D eigenvalue weighted by molar-refractivity contribution is 9.10. The smallest absolute Gasteiger partial charge is 0.272 e. The molecule has 4 heterocycles. The molecule has 0 aliphatic heterocycles. The van der Waals surface area contributed by atoms with E-state index < -0.39 is 0 Å². The van der Waals surface area contributed by atoms with E-state index in [1.165, 1.54) is 0 Å². The molecule has 1 amide bonds. The van der Waals surface area contributed by atoms with Crippen LogP contribution in [0.2, 0.25) is 0 Å². The number of amides is 1. The second-order valence-electron chi connectivity index (χ2n) is 5.17. The summed E-state index contributed by atoms with van der Waals surface area (Å²) in [5.74, 6) is -0.229. The predicted molar refractivity (Wildman–Crippen MR) is 96.0 cm³/mol. The van der Waals surface area contributed by atoms with Crippen molar-refractivity contribution in [1.82, 2.24) is 24.9 Å². The van der Waals surface area contributed by atoms with Crippen LogP contribution in [0.4, 0.5) is 0 Å². The van der Waals surface area contributed by atoms with Crippen LogP contribution in [0.5, 0.6) is 0 Å². The van der Waals surface area contributed by atoms with Gasteiger partial charge in [0.1, 0.15) is 5.65 Å². The molecule has 0 fully saturated rings. The molecule has 0 saturated heterocycles. The normalized spacial score (nSPS) is 11.0. The average molecular weight is 402 g/mol. The molecule has 2 N–H and O–H groups in total. The Labute approximate surface area is 149 Å². The summed E-state index contributed by atoms with van der Waals surface area (Å²) in [4.78, 5) is 17.8. The Morgan fingerprint density at radius 2 is 2.25 bits per heavy atom. The minimum Gasteiger partial charge on any atom is -0.345 e. The Morgan fingerprint density at radius 3 is 3.08 bits per heavy atom. The summed E-state index contributed by atoms with van der Waals surface area (Å²) in [5.41, 5.74) is 2.83. The fourth-order valence-corrected chi connectivity index (χ4v) is 3.41. The first-order valence-corrected chi connectivity index (χ1v) is 8.87. The van der Waals surface area contributed by atoms with E-state index in [-0.39, 0.29) is 5.91 Å². The number of carbonyl (C=O) groups excluding carboxylic acids is 1. The molecular weight excluding hydrogens is 390 g/mol. The Kier molecular flexibility index (Phi) is 3.91. The molecular formula is C16H12BrN5OS. The van der Waals surface area contributed by atoms with Gasteiger partial charge in [-0.25, -0.2) is 4.98 Å².